The molecule has 2 aromatic rings. The third-order valence-electron chi connectivity index (χ3n) is 7.02. The number of carbonyl (C=O) groups excluding carboxylic acids is 1. The van der Waals surface area contributed by atoms with Crippen LogP contribution in [0.4, 0.5) is 0 Å². The summed E-state index contributed by atoms with van der Waals surface area (Å²) in [6.45, 7) is 6.04. The largest absolute Gasteiger partial charge is 0.481 e. The molecule has 0 spiro atoms. The van der Waals surface area contributed by atoms with Gasteiger partial charge in [-0.1, -0.05) is 42.5 Å². The molecule has 1 unspecified atom stereocenters. The second kappa shape index (κ2) is 10.3. The summed E-state index contributed by atoms with van der Waals surface area (Å²) >= 11 is 0. The minimum Gasteiger partial charge on any atom is -0.481 e. The summed E-state index contributed by atoms with van der Waals surface area (Å²) in [7, 11) is 0. The fourth-order valence-corrected chi connectivity index (χ4v) is 4.96. The quantitative estimate of drug-likeness (QED) is 0.664. The van der Waals surface area contributed by atoms with E-state index in [-0.39, 0.29) is 12.3 Å². The van der Waals surface area contributed by atoms with E-state index in [1.54, 1.807) is 0 Å². The lowest BCUT2D eigenvalue weighted by Crippen LogP contribution is -2.35. The van der Waals surface area contributed by atoms with Gasteiger partial charge in [0.25, 0.3) is 0 Å². The predicted molar refractivity (Wildman–Crippen MR) is 126 cm³/mol. The van der Waals surface area contributed by atoms with Gasteiger partial charge in [-0.3, -0.25) is 9.59 Å². The molecule has 0 aliphatic carbocycles. The van der Waals surface area contributed by atoms with Crippen molar-refractivity contribution in [2.24, 2.45) is 0 Å². The van der Waals surface area contributed by atoms with Crippen molar-refractivity contribution in [3.8, 4) is 11.1 Å². The van der Waals surface area contributed by atoms with Gasteiger partial charge in [-0.15, -0.1) is 0 Å². The Hall–Kier alpha value is -2.66. The van der Waals surface area contributed by atoms with Crippen molar-refractivity contribution in [1.82, 2.24) is 9.80 Å². The minimum absolute atomic E-state index is 0.0513. The summed E-state index contributed by atoms with van der Waals surface area (Å²) in [5.74, 6) is -0.788. The monoisotopic (exact) mass is 434 g/mol. The van der Waals surface area contributed by atoms with Crippen molar-refractivity contribution in [2.75, 3.05) is 19.6 Å². The minimum atomic E-state index is -0.844. The van der Waals surface area contributed by atoms with Gasteiger partial charge in [-0.25, -0.2) is 0 Å². The maximum absolute atomic E-state index is 12.4. The molecule has 1 saturated heterocycles. The lowest BCUT2D eigenvalue weighted by Gasteiger charge is -2.29. The van der Waals surface area contributed by atoms with Gasteiger partial charge in [0.15, 0.2) is 0 Å². The first kappa shape index (κ1) is 22.5. The third-order valence-corrected chi connectivity index (χ3v) is 7.02. The highest BCUT2D eigenvalue weighted by Gasteiger charge is 2.21. The summed E-state index contributed by atoms with van der Waals surface area (Å²) < 4.78 is 0. The number of carboxylic acid groups (broad SMARTS) is 1. The lowest BCUT2D eigenvalue weighted by atomic mass is 9.94. The van der Waals surface area contributed by atoms with Gasteiger partial charge in [-0.05, 0) is 73.4 Å². The van der Waals surface area contributed by atoms with E-state index in [0.717, 1.165) is 25.4 Å². The van der Waals surface area contributed by atoms with Gasteiger partial charge in [0.1, 0.15) is 0 Å². The van der Waals surface area contributed by atoms with Crippen LogP contribution in [0.15, 0.2) is 42.5 Å². The number of hydrogen-bond donors (Lipinski definition) is 1. The Morgan fingerprint density at radius 2 is 1.78 bits per heavy atom. The molecule has 0 saturated carbocycles. The standard InChI is InChI=1S/C27H34N2O3/c1-20-4-3-15-28(20)16-13-21-7-9-22(10-8-21)23-11-12-25-19-29(17-14-24(25)18-23)26(30)5-2-6-27(31)32/h7-12,18,20H,2-6,13-17,19H2,1H3,(H,31,32). The summed E-state index contributed by atoms with van der Waals surface area (Å²) in [5.41, 5.74) is 6.36. The molecule has 5 heteroatoms. The second-order valence-electron chi connectivity index (χ2n) is 9.27. The Morgan fingerprint density at radius 1 is 1.00 bits per heavy atom. The average molecular weight is 435 g/mol. The molecule has 5 nitrogen and oxygen atoms in total. The normalized spacial score (nSPS) is 18.5. The number of nitrogens with zero attached hydrogens (tertiary/aromatic N) is 2. The molecule has 1 N–H and O–H groups in total. The van der Waals surface area contributed by atoms with E-state index in [2.05, 4.69) is 54.3 Å². The van der Waals surface area contributed by atoms with Crippen LogP contribution in [0.2, 0.25) is 0 Å². The zero-order chi connectivity index (χ0) is 22.5. The molecule has 1 amide bonds. The molecule has 4 rings (SSSR count). The molecule has 2 aliphatic rings. The molecule has 2 aromatic carbocycles. The molecule has 32 heavy (non-hydrogen) atoms. The average Bonchev–Trinajstić information content (AvgIpc) is 3.21. The summed E-state index contributed by atoms with van der Waals surface area (Å²) in [5, 5.41) is 8.76. The fourth-order valence-electron chi connectivity index (χ4n) is 4.96. The Labute approximate surface area is 191 Å². The van der Waals surface area contributed by atoms with E-state index in [9.17, 15) is 9.59 Å². The van der Waals surface area contributed by atoms with Gasteiger partial charge in [0, 0.05) is 38.5 Å². The molecule has 1 atom stereocenters. The number of amides is 1. The van der Waals surface area contributed by atoms with Crippen LogP contribution in [-0.4, -0.2) is 52.5 Å². The zero-order valence-electron chi connectivity index (χ0n) is 19.1. The lowest BCUT2D eigenvalue weighted by molar-refractivity contribution is -0.137. The fraction of sp³-hybridized carbons (Fsp3) is 0.481. The van der Waals surface area contributed by atoms with E-state index in [1.165, 1.54) is 47.2 Å². The maximum atomic E-state index is 12.4. The molecule has 1 fully saturated rings. The highest BCUT2D eigenvalue weighted by Crippen LogP contribution is 2.27. The number of hydrogen-bond acceptors (Lipinski definition) is 3. The molecule has 0 aromatic heterocycles. The van der Waals surface area contributed by atoms with Gasteiger partial charge < -0.3 is 14.9 Å². The molecule has 170 valence electrons. The smallest absolute Gasteiger partial charge is 0.303 e. The maximum Gasteiger partial charge on any atom is 0.303 e. The van der Waals surface area contributed by atoms with Crippen molar-refractivity contribution in [3.05, 3.63) is 59.2 Å². The molecule has 2 heterocycles. The van der Waals surface area contributed by atoms with Crippen LogP contribution >= 0.6 is 0 Å². The number of fused-ring (bicyclic) bond motifs is 1. The van der Waals surface area contributed by atoms with Gasteiger partial charge in [0.2, 0.25) is 5.91 Å². The molecular weight excluding hydrogens is 400 g/mol. The Balaban J connectivity index is 1.34. The number of carboxylic acids is 1. The van der Waals surface area contributed by atoms with E-state index >= 15 is 0 Å². The predicted octanol–water partition coefficient (Wildman–Crippen LogP) is 4.52. The third kappa shape index (κ3) is 5.57. The number of likely N-dealkylation sites (tertiary alicyclic amines) is 1. The van der Waals surface area contributed by atoms with E-state index < -0.39 is 5.97 Å². The van der Waals surface area contributed by atoms with Crippen LogP contribution in [0.3, 0.4) is 0 Å². The van der Waals surface area contributed by atoms with Crippen molar-refractivity contribution in [3.63, 3.8) is 0 Å². The summed E-state index contributed by atoms with van der Waals surface area (Å²) in [6.07, 6.45) is 5.37. The second-order valence-corrected chi connectivity index (χ2v) is 9.27. The van der Waals surface area contributed by atoms with Crippen molar-refractivity contribution >= 4 is 11.9 Å². The van der Waals surface area contributed by atoms with E-state index in [1.807, 2.05) is 4.90 Å². The number of benzene rings is 2. The van der Waals surface area contributed by atoms with E-state index in [0.29, 0.717) is 25.9 Å². The van der Waals surface area contributed by atoms with Gasteiger partial charge in [-0.2, -0.15) is 0 Å². The molecular formula is C27H34N2O3. The van der Waals surface area contributed by atoms with Crippen LogP contribution < -0.4 is 0 Å². The number of aliphatic carboxylic acids is 1. The van der Waals surface area contributed by atoms with Crippen molar-refractivity contribution < 1.29 is 14.7 Å². The van der Waals surface area contributed by atoms with Crippen molar-refractivity contribution in [1.29, 1.82) is 0 Å². The van der Waals surface area contributed by atoms with Crippen LogP contribution in [-0.2, 0) is 29.0 Å². The van der Waals surface area contributed by atoms with Crippen LogP contribution in [0.25, 0.3) is 11.1 Å². The Kier molecular flexibility index (Phi) is 7.26. The number of carbonyl (C=O) groups is 2. The van der Waals surface area contributed by atoms with Crippen molar-refractivity contribution in [2.45, 2.75) is 64.5 Å². The van der Waals surface area contributed by atoms with Gasteiger partial charge in [0.05, 0.1) is 0 Å². The number of rotatable bonds is 8. The Bertz CT molecular complexity index is 954. The first-order valence-electron chi connectivity index (χ1n) is 11.9. The first-order chi connectivity index (χ1) is 15.5. The van der Waals surface area contributed by atoms with Crippen LogP contribution in [0.5, 0.6) is 0 Å². The molecule has 2 aliphatic heterocycles. The highest BCUT2D eigenvalue weighted by atomic mass is 16.4. The first-order valence-corrected chi connectivity index (χ1v) is 11.9. The van der Waals surface area contributed by atoms with E-state index in [4.69, 9.17) is 5.11 Å². The van der Waals surface area contributed by atoms with Crippen LogP contribution in [0, 0.1) is 0 Å². The summed E-state index contributed by atoms with van der Waals surface area (Å²) in [4.78, 5) is 27.5. The van der Waals surface area contributed by atoms with Crippen LogP contribution in [0.1, 0.15) is 55.7 Å². The molecule has 0 radical (unpaired) electrons. The summed E-state index contributed by atoms with van der Waals surface area (Å²) in [6, 6.07) is 16.3. The Morgan fingerprint density at radius 3 is 2.50 bits per heavy atom. The SMILES string of the molecule is CC1CCCN1CCc1ccc(-c2ccc3c(c2)CCN(C(=O)CCCC(=O)O)C3)cc1. The topological polar surface area (TPSA) is 60.9 Å². The molecule has 0 bridgehead atoms. The highest BCUT2D eigenvalue weighted by molar-refractivity contribution is 5.77. The van der Waals surface area contributed by atoms with Gasteiger partial charge >= 0.3 is 5.97 Å². The zero-order valence-corrected chi connectivity index (χ0v) is 19.1.